The van der Waals surface area contributed by atoms with E-state index in [1.54, 1.807) is 14.2 Å². The molecule has 1 aliphatic heterocycles. The molecule has 31 heavy (non-hydrogen) atoms. The van der Waals surface area contributed by atoms with E-state index in [0.717, 1.165) is 48.4 Å². The van der Waals surface area contributed by atoms with Crippen LogP contribution in [0.3, 0.4) is 0 Å². The van der Waals surface area contributed by atoms with Crippen LogP contribution in [-0.2, 0) is 16.0 Å². The van der Waals surface area contributed by atoms with Crippen LogP contribution >= 0.6 is 23.5 Å². The maximum atomic E-state index is 9.10. The van der Waals surface area contributed by atoms with Crippen molar-refractivity contribution in [2.24, 2.45) is 0 Å². The van der Waals surface area contributed by atoms with E-state index in [0.29, 0.717) is 0 Å². The van der Waals surface area contributed by atoms with Crippen molar-refractivity contribution in [3.63, 3.8) is 0 Å². The highest BCUT2D eigenvalue weighted by molar-refractivity contribution is 8.17. The van der Waals surface area contributed by atoms with Crippen molar-refractivity contribution in [1.29, 1.82) is 0 Å². The van der Waals surface area contributed by atoms with Gasteiger partial charge < -0.3 is 25.0 Å². The van der Waals surface area contributed by atoms with Crippen LogP contribution < -0.4 is 14.8 Å². The molecule has 1 aromatic rings. The maximum absolute atomic E-state index is 9.10. The summed E-state index contributed by atoms with van der Waals surface area (Å²) in [7, 11) is 3.34. The highest BCUT2D eigenvalue weighted by Gasteiger charge is 2.12. The number of rotatable bonds is 9. The molecule has 9 heteroatoms. The van der Waals surface area contributed by atoms with Crippen molar-refractivity contribution in [2.75, 3.05) is 38.8 Å². The molecule has 0 atom stereocenters. The molecular formula is C22H31NO6S2. The van der Waals surface area contributed by atoms with Gasteiger partial charge in [0, 0.05) is 6.42 Å². The number of benzene rings is 1. The first-order chi connectivity index (χ1) is 15.0. The minimum atomic E-state index is -1.82. The van der Waals surface area contributed by atoms with Crippen LogP contribution in [-0.4, -0.2) is 65.5 Å². The van der Waals surface area contributed by atoms with E-state index in [9.17, 15) is 0 Å². The zero-order valence-corrected chi connectivity index (χ0v) is 19.7. The van der Waals surface area contributed by atoms with Gasteiger partial charge in [0.05, 0.1) is 25.3 Å². The average Bonchev–Trinajstić information content (AvgIpc) is 2.78. The van der Waals surface area contributed by atoms with Gasteiger partial charge in [-0.25, -0.2) is 9.59 Å². The predicted octanol–water partition coefficient (Wildman–Crippen LogP) is 3.36. The van der Waals surface area contributed by atoms with Crippen molar-refractivity contribution in [1.82, 2.24) is 5.32 Å². The van der Waals surface area contributed by atoms with Crippen molar-refractivity contribution in [3.05, 3.63) is 23.8 Å². The second kappa shape index (κ2) is 16.6. The first-order valence-electron chi connectivity index (χ1n) is 10.0. The van der Waals surface area contributed by atoms with Gasteiger partial charge in [0.2, 0.25) is 0 Å². The number of aryl methyl sites for hydroxylation is 1. The van der Waals surface area contributed by atoms with Crippen LogP contribution in [0.1, 0.15) is 31.2 Å². The molecule has 0 radical (unpaired) electrons. The fourth-order valence-corrected chi connectivity index (χ4v) is 5.51. The summed E-state index contributed by atoms with van der Waals surface area (Å²) in [6.07, 6.45) is 5.73. The van der Waals surface area contributed by atoms with Crippen molar-refractivity contribution >= 4 is 35.5 Å². The summed E-state index contributed by atoms with van der Waals surface area (Å²) in [4.78, 5) is 18.2. The van der Waals surface area contributed by atoms with Gasteiger partial charge in [-0.05, 0) is 61.4 Å². The lowest BCUT2D eigenvalue weighted by Crippen LogP contribution is -2.16. The predicted molar refractivity (Wildman–Crippen MR) is 126 cm³/mol. The van der Waals surface area contributed by atoms with Crippen molar-refractivity contribution < 1.29 is 29.3 Å². The van der Waals surface area contributed by atoms with Gasteiger partial charge in [-0.15, -0.1) is 29.4 Å². The Labute approximate surface area is 192 Å². The van der Waals surface area contributed by atoms with Crippen LogP contribution in [0.2, 0.25) is 0 Å². The van der Waals surface area contributed by atoms with Crippen LogP contribution in [0.5, 0.6) is 11.5 Å². The molecule has 0 saturated carbocycles. The molecule has 2 rings (SSSR count). The van der Waals surface area contributed by atoms with Crippen LogP contribution in [0.15, 0.2) is 18.2 Å². The molecule has 0 bridgehead atoms. The highest BCUT2D eigenvalue weighted by atomic mass is 32.2. The Morgan fingerprint density at radius 3 is 2.39 bits per heavy atom. The third-order valence-corrected chi connectivity index (χ3v) is 7.27. The Morgan fingerprint density at radius 1 is 1.10 bits per heavy atom. The van der Waals surface area contributed by atoms with E-state index < -0.39 is 11.9 Å². The molecule has 0 aliphatic carbocycles. The number of thioether (sulfide) groups is 2. The maximum Gasteiger partial charge on any atom is 0.414 e. The third kappa shape index (κ3) is 12.4. The van der Waals surface area contributed by atoms with Crippen molar-refractivity contribution in [2.45, 2.75) is 36.7 Å². The zero-order chi connectivity index (χ0) is 22.9. The fraction of sp³-hybridized carbons (Fsp3) is 0.545. The molecule has 7 nitrogen and oxygen atoms in total. The molecule has 1 fully saturated rings. The Balaban J connectivity index is 0.000000703. The first-order valence-corrected chi connectivity index (χ1v) is 12.1. The Morgan fingerprint density at radius 2 is 1.77 bits per heavy atom. The van der Waals surface area contributed by atoms with E-state index in [1.165, 1.54) is 29.9 Å². The number of nitrogens with one attached hydrogen (secondary N) is 1. The van der Waals surface area contributed by atoms with Crippen LogP contribution in [0.4, 0.5) is 0 Å². The van der Waals surface area contributed by atoms with E-state index in [4.69, 9.17) is 29.3 Å². The smallest absolute Gasteiger partial charge is 0.414 e. The first kappa shape index (κ1) is 27.0. The van der Waals surface area contributed by atoms with Crippen LogP contribution in [0, 0.1) is 11.8 Å². The molecule has 1 aliphatic rings. The Hall–Kier alpha value is -2.02. The van der Waals surface area contributed by atoms with Gasteiger partial charge >= 0.3 is 11.9 Å². The largest absolute Gasteiger partial charge is 0.493 e. The number of methoxy groups -OCH3 is 2. The number of hydrogen-bond donors (Lipinski definition) is 3. The molecule has 0 amide bonds. The molecule has 1 heterocycles. The molecule has 172 valence electrons. The standard InChI is InChI=1S/C20H29NO2S2.C2H2O4/c1-22-18-11-10-17(16-19(18)23-2)8-6-13-21-12-5-3-4-9-20-24-14-7-15-25-20;3-1(4)2(5)6/h10-11,16,20-21H,4,6-9,12-15H2,1-2H3;(H,3,4)(H,5,6). The van der Waals surface area contributed by atoms with Crippen molar-refractivity contribution in [3.8, 4) is 23.3 Å². The molecular weight excluding hydrogens is 438 g/mol. The minimum absolute atomic E-state index is 0.775. The molecule has 1 saturated heterocycles. The number of carbonyl (C=O) groups is 2. The molecule has 0 unspecified atom stereocenters. The number of aliphatic carboxylic acids is 2. The average molecular weight is 470 g/mol. The minimum Gasteiger partial charge on any atom is -0.493 e. The Bertz CT molecular complexity index is 729. The molecule has 1 aromatic carbocycles. The third-order valence-electron chi connectivity index (χ3n) is 4.19. The highest BCUT2D eigenvalue weighted by Crippen LogP contribution is 2.33. The monoisotopic (exact) mass is 469 g/mol. The summed E-state index contributed by atoms with van der Waals surface area (Å²) in [6, 6.07) is 6.12. The summed E-state index contributed by atoms with van der Waals surface area (Å²) in [5, 5.41) is 18.2. The number of hydrogen-bond acceptors (Lipinski definition) is 7. The van der Waals surface area contributed by atoms with Gasteiger partial charge in [0.25, 0.3) is 0 Å². The summed E-state index contributed by atoms with van der Waals surface area (Å²) in [5.74, 6) is 7.13. The molecule has 3 N–H and O–H groups in total. The van der Waals surface area contributed by atoms with Gasteiger partial charge in [-0.3, -0.25) is 0 Å². The van der Waals surface area contributed by atoms with Gasteiger partial charge in [0.1, 0.15) is 0 Å². The lowest BCUT2D eigenvalue weighted by Gasteiger charge is -2.19. The SMILES string of the molecule is COc1ccc(CCCNCC#CCCC2SCCCS2)cc1OC.O=C(O)C(=O)O. The fourth-order valence-electron chi connectivity index (χ4n) is 2.65. The topological polar surface area (TPSA) is 105 Å². The van der Waals surface area contributed by atoms with Gasteiger partial charge in [-0.2, -0.15) is 0 Å². The molecule has 0 aromatic heterocycles. The quantitative estimate of drug-likeness (QED) is 0.285. The van der Waals surface area contributed by atoms with Gasteiger partial charge in [-0.1, -0.05) is 12.0 Å². The van der Waals surface area contributed by atoms with Crippen LogP contribution in [0.25, 0.3) is 0 Å². The molecule has 0 spiro atoms. The second-order valence-corrected chi connectivity index (χ2v) is 9.42. The van der Waals surface area contributed by atoms with Gasteiger partial charge in [0.15, 0.2) is 11.5 Å². The normalized spacial score (nSPS) is 13.2. The number of carboxylic acids is 2. The summed E-state index contributed by atoms with van der Waals surface area (Å²) in [5.41, 5.74) is 1.27. The number of carboxylic acid groups (broad SMARTS) is 2. The van der Waals surface area contributed by atoms with E-state index in [-0.39, 0.29) is 0 Å². The second-order valence-electron chi connectivity index (χ2n) is 6.50. The lowest BCUT2D eigenvalue weighted by atomic mass is 10.1. The number of ether oxygens (including phenoxy) is 2. The summed E-state index contributed by atoms with van der Waals surface area (Å²) >= 11 is 4.21. The zero-order valence-electron chi connectivity index (χ0n) is 18.0. The van der Waals surface area contributed by atoms with E-state index in [2.05, 4.69) is 52.8 Å². The lowest BCUT2D eigenvalue weighted by molar-refractivity contribution is -0.159. The summed E-state index contributed by atoms with van der Waals surface area (Å²) in [6.45, 7) is 1.77. The Kier molecular flexibility index (Phi) is 14.5. The van der Waals surface area contributed by atoms with E-state index in [1.807, 2.05) is 6.07 Å². The van der Waals surface area contributed by atoms with E-state index >= 15 is 0 Å². The summed E-state index contributed by atoms with van der Waals surface area (Å²) < 4.78 is 11.4.